The summed E-state index contributed by atoms with van der Waals surface area (Å²) in [4.78, 5) is 28.8. The molecule has 0 radical (unpaired) electrons. The van der Waals surface area contributed by atoms with E-state index >= 15 is 0 Å². The number of amides is 2. The molecule has 2 N–H and O–H groups in total. The van der Waals surface area contributed by atoms with Crippen molar-refractivity contribution in [3.8, 4) is 0 Å². The van der Waals surface area contributed by atoms with Crippen LogP contribution in [-0.2, 0) is 4.79 Å². The van der Waals surface area contributed by atoms with E-state index in [9.17, 15) is 9.59 Å². The van der Waals surface area contributed by atoms with Crippen molar-refractivity contribution in [3.05, 3.63) is 45.4 Å². The van der Waals surface area contributed by atoms with E-state index in [4.69, 9.17) is 23.2 Å². The maximum atomic E-state index is 12.4. The maximum Gasteiger partial charge on any atom is 0.253 e. The van der Waals surface area contributed by atoms with Gasteiger partial charge in [-0.1, -0.05) is 23.2 Å². The van der Waals surface area contributed by atoms with Crippen molar-refractivity contribution in [2.24, 2.45) is 0 Å². The van der Waals surface area contributed by atoms with Crippen molar-refractivity contribution >= 4 is 63.2 Å². The number of benzene rings is 1. The van der Waals surface area contributed by atoms with Gasteiger partial charge in [0.2, 0.25) is 5.91 Å². The zero-order chi connectivity index (χ0) is 17.5. The van der Waals surface area contributed by atoms with Gasteiger partial charge in [-0.2, -0.15) is 11.8 Å². The number of hydrogen-bond donors (Lipinski definition) is 2. The van der Waals surface area contributed by atoms with Crippen LogP contribution in [0, 0.1) is 0 Å². The molecule has 0 aliphatic heterocycles. The number of thiazole rings is 1. The van der Waals surface area contributed by atoms with E-state index in [0.29, 0.717) is 16.6 Å². The monoisotopic (exact) mass is 403 g/mol. The number of nitrogens with zero attached hydrogens (tertiary/aromatic N) is 1. The Morgan fingerprint density at radius 3 is 2.79 bits per heavy atom. The van der Waals surface area contributed by atoms with Crippen molar-refractivity contribution in [1.29, 1.82) is 0 Å². The van der Waals surface area contributed by atoms with E-state index < -0.39 is 11.9 Å². The highest BCUT2D eigenvalue weighted by Gasteiger charge is 2.23. The van der Waals surface area contributed by atoms with E-state index in [2.05, 4.69) is 15.6 Å². The van der Waals surface area contributed by atoms with Crippen LogP contribution in [0.4, 0.5) is 5.13 Å². The lowest BCUT2D eigenvalue weighted by molar-refractivity contribution is -0.118. The summed E-state index contributed by atoms with van der Waals surface area (Å²) in [5.41, 5.74) is 0.275. The van der Waals surface area contributed by atoms with Crippen LogP contribution in [0.3, 0.4) is 0 Å². The van der Waals surface area contributed by atoms with Crippen molar-refractivity contribution < 1.29 is 9.59 Å². The minimum atomic E-state index is -0.680. The molecule has 1 atom stereocenters. The Morgan fingerprint density at radius 1 is 1.38 bits per heavy atom. The van der Waals surface area contributed by atoms with E-state index in [1.54, 1.807) is 29.4 Å². The second-order valence-corrected chi connectivity index (χ2v) is 7.48. The number of nitrogens with one attached hydrogen (secondary N) is 2. The van der Waals surface area contributed by atoms with Crippen LogP contribution in [-0.4, -0.2) is 34.8 Å². The summed E-state index contributed by atoms with van der Waals surface area (Å²) in [6.07, 6.45) is 4.03. The third kappa shape index (κ3) is 5.37. The standard InChI is InChI=1S/C15H15Cl2N3O2S2/c1-23-6-4-12(14(22)20-15-18-5-7-24-15)19-13(21)10-3-2-9(16)8-11(10)17/h2-3,5,7-8,12H,4,6H2,1H3,(H,19,21)(H,18,20,22). The van der Waals surface area contributed by atoms with E-state index in [0.717, 1.165) is 5.75 Å². The minimum absolute atomic E-state index is 0.240. The molecule has 0 bridgehead atoms. The first-order valence-corrected chi connectivity index (χ1v) is 9.99. The molecular formula is C15H15Cl2N3O2S2. The Balaban J connectivity index is 2.09. The molecule has 0 aliphatic carbocycles. The summed E-state index contributed by atoms with van der Waals surface area (Å²) in [6.45, 7) is 0. The summed E-state index contributed by atoms with van der Waals surface area (Å²) in [6, 6.07) is 3.92. The molecule has 2 aromatic rings. The predicted molar refractivity (Wildman–Crippen MR) is 101 cm³/mol. The summed E-state index contributed by atoms with van der Waals surface area (Å²) in [5, 5.41) is 8.36. The maximum absolute atomic E-state index is 12.4. The van der Waals surface area contributed by atoms with Gasteiger partial charge in [0.05, 0.1) is 10.6 Å². The zero-order valence-corrected chi connectivity index (χ0v) is 15.9. The van der Waals surface area contributed by atoms with Gasteiger partial charge in [-0.25, -0.2) is 4.98 Å². The first kappa shape index (κ1) is 19.1. The Hall–Kier alpha value is -1.28. The lowest BCUT2D eigenvalue weighted by atomic mass is 10.1. The molecule has 1 unspecified atom stereocenters. The van der Waals surface area contributed by atoms with E-state index in [1.807, 2.05) is 6.26 Å². The van der Waals surface area contributed by atoms with Crippen molar-refractivity contribution in [1.82, 2.24) is 10.3 Å². The molecule has 1 aromatic heterocycles. The average Bonchev–Trinajstić information content (AvgIpc) is 3.03. The molecule has 2 rings (SSSR count). The molecule has 1 heterocycles. The Bertz CT molecular complexity index is 711. The van der Waals surface area contributed by atoms with Gasteiger partial charge in [-0.3, -0.25) is 9.59 Å². The van der Waals surface area contributed by atoms with Gasteiger partial charge in [0.15, 0.2) is 5.13 Å². The van der Waals surface area contributed by atoms with Gasteiger partial charge in [-0.15, -0.1) is 11.3 Å². The molecule has 128 valence electrons. The molecule has 2 amide bonds. The van der Waals surface area contributed by atoms with Crippen molar-refractivity contribution in [2.45, 2.75) is 12.5 Å². The molecule has 0 spiro atoms. The zero-order valence-electron chi connectivity index (χ0n) is 12.7. The second kappa shape index (κ2) is 9.27. The van der Waals surface area contributed by atoms with Gasteiger partial charge in [-0.05, 0) is 36.6 Å². The number of halogens is 2. The normalized spacial score (nSPS) is 11.8. The highest BCUT2D eigenvalue weighted by atomic mass is 35.5. The van der Waals surface area contributed by atoms with Gasteiger partial charge in [0.1, 0.15) is 6.04 Å². The molecule has 0 saturated carbocycles. The SMILES string of the molecule is CSCCC(NC(=O)c1ccc(Cl)cc1Cl)C(=O)Nc1nccs1. The fourth-order valence-electron chi connectivity index (χ4n) is 1.89. The van der Waals surface area contributed by atoms with Crippen molar-refractivity contribution in [3.63, 3.8) is 0 Å². The number of aromatic nitrogens is 1. The summed E-state index contributed by atoms with van der Waals surface area (Å²) in [7, 11) is 0. The van der Waals surface area contributed by atoms with Crippen molar-refractivity contribution in [2.75, 3.05) is 17.3 Å². The van der Waals surface area contributed by atoms with Crippen LogP contribution in [0.5, 0.6) is 0 Å². The number of carbonyl (C=O) groups is 2. The lowest BCUT2D eigenvalue weighted by Gasteiger charge is -2.18. The van der Waals surface area contributed by atoms with Gasteiger partial charge < -0.3 is 10.6 Å². The second-order valence-electron chi connectivity index (χ2n) is 4.76. The highest BCUT2D eigenvalue weighted by molar-refractivity contribution is 7.98. The number of thioether (sulfide) groups is 1. The van der Waals surface area contributed by atoms with Crippen LogP contribution in [0.2, 0.25) is 10.0 Å². The smallest absolute Gasteiger partial charge is 0.253 e. The predicted octanol–water partition coefficient (Wildman–Crippen LogP) is 3.94. The van der Waals surface area contributed by atoms with Crippen LogP contribution < -0.4 is 10.6 Å². The summed E-state index contributed by atoms with van der Waals surface area (Å²) >= 11 is 14.8. The summed E-state index contributed by atoms with van der Waals surface area (Å²) in [5.74, 6) is -0.000548. The molecule has 0 aliphatic rings. The molecule has 24 heavy (non-hydrogen) atoms. The van der Waals surface area contributed by atoms with E-state index in [-0.39, 0.29) is 16.5 Å². The van der Waals surface area contributed by atoms with Gasteiger partial charge in [0, 0.05) is 16.6 Å². The van der Waals surface area contributed by atoms with Crippen LogP contribution in [0.15, 0.2) is 29.8 Å². The van der Waals surface area contributed by atoms with E-state index in [1.165, 1.54) is 23.5 Å². The largest absolute Gasteiger partial charge is 0.340 e. The molecule has 0 fully saturated rings. The summed E-state index contributed by atoms with van der Waals surface area (Å²) < 4.78 is 0. The molecule has 1 aromatic carbocycles. The van der Waals surface area contributed by atoms with Crippen LogP contribution >= 0.6 is 46.3 Å². The Morgan fingerprint density at radius 2 is 2.17 bits per heavy atom. The third-order valence-corrected chi connectivity index (χ3v) is 4.95. The number of hydrogen-bond acceptors (Lipinski definition) is 5. The minimum Gasteiger partial charge on any atom is -0.340 e. The molecule has 9 heteroatoms. The number of rotatable bonds is 7. The molecular weight excluding hydrogens is 389 g/mol. The Labute approximate surface area is 158 Å². The van der Waals surface area contributed by atoms with Crippen LogP contribution in [0.25, 0.3) is 0 Å². The van der Waals surface area contributed by atoms with Crippen LogP contribution in [0.1, 0.15) is 16.8 Å². The first-order valence-electron chi connectivity index (χ1n) is 6.96. The Kier molecular flexibility index (Phi) is 7.36. The first-order chi connectivity index (χ1) is 11.5. The van der Waals surface area contributed by atoms with Gasteiger partial charge >= 0.3 is 0 Å². The highest BCUT2D eigenvalue weighted by Crippen LogP contribution is 2.21. The number of carbonyl (C=O) groups excluding carboxylic acids is 2. The fourth-order valence-corrected chi connectivity index (χ4v) is 3.39. The van der Waals surface area contributed by atoms with Gasteiger partial charge in [0.25, 0.3) is 5.91 Å². The molecule has 0 saturated heterocycles. The topological polar surface area (TPSA) is 71.1 Å². The number of anilines is 1. The average molecular weight is 404 g/mol. The fraction of sp³-hybridized carbons (Fsp3) is 0.267. The third-order valence-electron chi connectivity index (χ3n) is 3.07. The quantitative estimate of drug-likeness (QED) is 0.734. The molecule has 5 nitrogen and oxygen atoms in total. The lowest BCUT2D eigenvalue weighted by Crippen LogP contribution is -2.44.